The van der Waals surface area contributed by atoms with Crippen LogP contribution in [0.5, 0.6) is 0 Å². The fraction of sp³-hybridized carbons (Fsp3) is 0.312. The quantitative estimate of drug-likeness (QED) is 0.679. The third kappa shape index (κ3) is 4.30. The monoisotopic (exact) mass is 348 g/mol. The molecule has 0 saturated carbocycles. The molecule has 23 heavy (non-hydrogen) atoms. The van der Waals surface area contributed by atoms with E-state index in [0.717, 1.165) is 23.1 Å². The Balaban J connectivity index is 1.56. The molecule has 0 radical (unpaired) electrons. The molecule has 120 valence electrons. The molecule has 1 aliphatic rings. The molecule has 2 aromatic rings. The maximum atomic E-state index is 11.9. The summed E-state index contributed by atoms with van der Waals surface area (Å²) in [5, 5.41) is 5.61. The van der Waals surface area contributed by atoms with Crippen molar-refractivity contribution in [1.82, 2.24) is 10.4 Å². The number of anilines is 1. The van der Waals surface area contributed by atoms with Gasteiger partial charge in [-0.3, -0.25) is 4.79 Å². The number of benzene rings is 1. The number of hydrogen-bond donors (Lipinski definition) is 1. The SMILES string of the molecule is O=C(N/N=C\c1cnc(N2CCCCC2)s1)c1ccc(Cl)cc1. The maximum absolute atomic E-state index is 11.9. The van der Waals surface area contributed by atoms with Crippen molar-refractivity contribution in [2.75, 3.05) is 18.0 Å². The summed E-state index contributed by atoms with van der Waals surface area (Å²) in [7, 11) is 0. The zero-order valence-electron chi connectivity index (χ0n) is 12.5. The zero-order chi connectivity index (χ0) is 16.1. The lowest BCUT2D eigenvalue weighted by Gasteiger charge is -2.25. The minimum Gasteiger partial charge on any atom is -0.348 e. The second kappa shape index (κ2) is 7.57. The van der Waals surface area contributed by atoms with Crippen LogP contribution >= 0.6 is 22.9 Å². The van der Waals surface area contributed by atoms with Crippen molar-refractivity contribution in [1.29, 1.82) is 0 Å². The molecule has 5 nitrogen and oxygen atoms in total. The standard InChI is InChI=1S/C16H17ClN4OS/c17-13-6-4-12(5-7-13)15(22)20-19-11-14-10-18-16(23-14)21-8-2-1-3-9-21/h4-7,10-11H,1-3,8-9H2,(H,20,22)/b19-11-. The number of hydrazone groups is 1. The van der Waals surface area contributed by atoms with E-state index in [9.17, 15) is 4.79 Å². The van der Waals surface area contributed by atoms with E-state index in [4.69, 9.17) is 11.6 Å². The number of thiazole rings is 1. The molecule has 1 aliphatic heterocycles. The summed E-state index contributed by atoms with van der Waals surface area (Å²) in [6.07, 6.45) is 7.15. The molecule has 0 spiro atoms. The number of amides is 1. The molecule has 1 amide bonds. The first-order valence-electron chi connectivity index (χ1n) is 7.52. The molecule has 7 heteroatoms. The van der Waals surface area contributed by atoms with Gasteiger partial charge in [-0.15, -0.1) is 0 Å². The number of rotatable bonds is 4. The summed E-state index contributed by atoms with van der Waals surface area (Å²) in [4.78, 5) is 19.6. The second-order valence-electron chi connectivity index (χ2n) is 5.30. The molecular weight excluding hydrogens is 332 g/mol. The first-order valence-corrected chi connectivity index (χ1v) is 8.71. The molecule has 0 aliphatic carbocycles. The van der Waals surface area contributed by atoms with E-state index in [1.54, 1.807) is 48.0 Å². The van der Waals surface area contributed by atoms with Crippen LogP contribution in [0.4, 0.5) is 5.13 Å². The van der Waals surface area contributed by atoms with Crippen LogP contribution in [0.1, 0.15) is 34.5 Å². The molecular formula is C16H17ClN4OS. The Morgan fingerprint density at radius 2 is 2.00 bits per heavy atom. The lowest BCUT2D eigenvalue weighted by atomic mass is 10.1. The molecule has 2 heterocycles. The number of nitrogens with zero attached hydrogens (tertiary/aromatic N) is 3. The van der Waals surface area contributed by atoms with E-state index in [0.29, 0.717) is 10.6 Å². The van der Waals surface area contributed by atoms with Gasteiger partial charge in [0.2, 0.25) is 0 Å². The summed E-state index contributed by atoms with van der Waals surface area (Å²) in [6, 6.07) is 6.67. The van der Waals surface area contributed by atoms with E-state index in [1.807, 2.05) is 0 Å². The minimum absolute atomic E-state index is 0.265. The van der Waals surface area contributed by atoms with Gasteiger partial charge in [-0.2, -0.15) is 5.10 Å². The molecule has 3 rings (SSSR count). The highest BCUT2D eigenvalue weighted by Gasteiger charge is 2.13. The molecule has 0 bridgehead atoms. The Morgan fingerprint density at radius 1 is 1.26 bits per heavy atom. The Labute approximate surface area is 144 Å². The van der Waals surface area contributed by atoms with Gasteiger partial charge in [0.25, 0.3) is 5.91 Å². The smallest absolute Gasteiger partial charge is 0.271 e. The van der Waals surface area contributed by atoms with Crippen molar-refractivity contribution < 1.29 is 4.79 Å². The number of halogens is 1. The van der Waals surface area contributed by atoms with E-state index in [1.165, 1.54) is 19.3 Å². The van der Waals surface area contributed by atoms with E-state index < -0.39 is 0 Å². The molecule has 1 aromatic heterocycles. The van der Waals surface area contributed by atoms with Crippen molar-refractivity contribution in [2.45, 2.75) is 19.3 Å². The molecule has 0 unspecified atom stereocenters. The van der Waals surface area contributed by atoms with Gasteiger partial charge in [-0.1, -0.05) is 22.9 Å². The fourth-order valence-electron chi connectivity index (χ4n) is 2.39. The molecule has 1 aromatic carbocycles. The number of hydrogen-bond acceptors (Lipinski definition) is 5. The predicted molar refractivity (Wildman–Crippen MR) is 94.7 cm³/mol. The predicted octanol–water partition coefficient (Wildman–Crippen LogP) is 3.55. The second-order valence-corrected chi connectivity index (χ2v) is 6.78. The average Bonchev–Trinajstić information content (AvgIpc) is 3.05. The summed E-state index contributed by atoms with van der Waals surface area (Å²) in [5.74, 6) is -0.265. The number of nitrogens with one attached hydrogen (secondary N) is 1. The van der Waals surface area contributed by atoms with Gasteiger partial charge >= 0.3 is 0 Å². The Morgan fingerprint density at radius 3 is 2.74 bits per heavy atom. The van der Waals surface area contributed by atoms with Crippen LogP contribution in [-0.4, -0.2) is 30.2 Å². The highest BCUT2D eigenvalue weighted by molar-refractivity contribution is 7.17. The highest BCUT2D eigenvalue weighted by atomic mass is 35.5. The Bertz CT molecular complexity index is 692. The van der Waals surface area contributed by atoms with Gasteiger partial charge in [0.15, 0.2) is 5.13 Å². The zero-order valence-corrected chi connectivity index (χ0v) is 14.1. The Hall–Kier alpha value is -1.92. The van der Waals surface area contributed by atoms with Crippen molar-refractivity contribution >= 4 is 40.2 Å². The lowest BCUT2D eigenvalue weighted by molar-refractivity contribution is 0.0955. The normalized spacial score (nSPS) is 15.1. The third-order valence-electron chi connectivity index (χ3n) is 3.60. The van der Waals surface area contributed by atoms with E-state index in [2.05, 4.69) is 20.4 Å². The van der Waals surface area contributed by atoms with Gasteiger partial charge < -0.3 is 4.90 Å². The van der Waals surface area contributed by atoms with Gasteiger partial charge in [-0.25, -0.2) is 10.4 Å². The van der Waals surface area contributed by atoms with Gasteiger partial charge in [0.05, 0.1) is 11.1 Å². The van der Waals surface area contributed by atoms with Crippen LogP contribution in [0.2, 0.25) is 5.02 Å². The average molecular weight is 349 g/mol. The van der Waals surface area contributed by atoms with Gasteiger partial charge in [0.1, 0.15) is 0 Å². The van der Waals surface area contributed by atoms with Crippen LogP contribution < -0.4 is 10.3 Å². The molecule has 1 fully saturated rings. The number of piperidine rings is 1. The topological polar surface area (TPSA) is 57.6 Å². The van der Waals surface area contributed by atoms with Crippen molar-refractivity contribution in [3.8, 4) is 0 Å². The van der Waals surface area contributed by atoms with Crippen LogP contribution in [0, 0.1) is 0 Å². The van der Waals surface area contributed by atoms with E-state index in [-0.39, 0.29) is 5.91 Å². The maximum Gasteiger partial charge on any atom is 0.271 e. The fourth-order valence-corrected chi connectivity index (χ4v) is 3.35. The highest BCUT2D eigenvalue weighted by Crippen LogP contribution is 2.24. The Kier molecular flexibility index (Phi) is 5.25. The number of carbonyl (C=O) groups excluding carboxylic acids is 1. The minimum atomic E-state index is -0.265. The van der Waals surface area contributed by atoms with Gasteiger partial charge in [-0.05, 0) is 43.5 Å². The molecule has 0 atom stereocenters. The van der Waals surface area contributed by atoms with Crippen molar-refractivity contribution in [3.63, 3.8) is 0 Å². The summed E-state index contributed by atoms with van der Waals surface area (Å²) in [6.45, 7) is 2.13. The first kappa shape index (κ1) is 16.0. The lowest BCUT2D eigenvalue weighted by Crippen LogP contribution is -2.29. The molecule has 1 saturated heterocycles. The third-order valence-corrected chi connectivity index (χ3v) is 4.85. The van der Waals surface area contributed by atoms with Crippen LogP contribution in [0.3, 0.4) is 0 Å². The number of aromatic nitrogens is 1. The number of carbonyl (C=O) groups is 1. The first-order chi connectivity index (χ1) is 11.2. The summed E-state index contributed by atoms with van der Waals surface area (Å²) >= 11 is 7.38. The van der Waals surface area contributed by atoms with Crippen molar-refractivity contribution in [2.24, 2.45) is 5.10 Å². The summed E-state index contributed by atoms with van der Waals surface area (Å²) in [5.41, 5.74) is 3.03. The van der Waals surface area contributed by atoms with Crippen LogP contribution in [0.25, 0.3) is 0 Å². The van der Waals surface area contributed by atoms with Crippen LogP contribution in [0.15, 0.2) is 35.6 Å². The largest absolute Gasteiger partial charge is 0.348 e. The van der Waals surface area contributed by atoms with E-state index >= 15 is 0 Å². The van der Waals surface area contributed by atoms with Gasteiger partial charge in [0, 0.05) is 29.9 Å². The molecule has 1 N–H and O–H groups in total. The summed E-state index contributed by atoms with van der Waals surface area (Å²) < 4.78 is 0. The van der Waals surface area contributed by atoms with Crippen molar-refractivity contribution in [3.05, 3.63) is 45.9 Å². The van der Waals surface area contributed by atoms with Crippen LogP contribution in [-0.2, 0) is 0 Å².